The van der Waals surface area contributed by atoms with Gasteiger partial charge in [0.1, 0.15) is 0 Å². The Morgan fingerprint density at radius 2 is 1.17 bits per heavy atom. The smallest absolute Gasteiger partial charge is 0.268 e. The molecule has 0 aromatic heterocycles. The predicted octanol–water partition coefficient (Wildman–Crippen LogP) is 5.58. The summed E-state index contributed by atoms with van der Waals surface area (Å²) in [4.78, 5) is 0. The SMILES string of the molecule is C=CCCCCCCCCOS(=O)(=O)CC(CCCCCCCC=C)S(C)(=O)=O. The van der Waals surface area contributed by atoms with E-state index in [2.05, 4.69) is 13.2 Å². The lowest BCUT2D eigenvalue weighted by atomic mass is 10.1. The normalized spacial score (nSPS) is 13.3. The molecule has 1 atom stereocenters. The summed E-state index contributed by atoms with van der Waals surface area (Å²) in [7, 11) is -7.25. The third kappa shape index (κ3) is 17.9. The van der Waals surface area contributed by atoms with E-state index in [4.69, 9.17) is 4.18 Å². The molecule has 0 aromatic rings. The van der Waals surface area contributed by atoms with Crippen molar-refractivity contribution in [1.82, 2.24) is 0 Å². The first-order valence-corrected chi connectivity index (χ1v) is 14.5. The van der Waals surface area contributed by atoms with E-state index in [0.717, 1.165) is 76.9 Å². The highest BCUT2D eigenvalue weighted by Crippen LogP contribution is 2.16. The van der Waals surface area contributed by atoms with Crippen molar-refractivity contribution in [2.45, 2.75) is 95.1 Å². The lowest BCUT2D eigenvalue weighted by Crippen LogP contribution is -2.30. The molecule has 0 radical (unpaired) electrons. The molecular formula is C22H42O5S2. The fraction of sp³-hybridized carbons (Fsp3) is 0.818. The highest BCUT2D eigenvalue weighted by Gasteiger charge is 2.27. The first-order valence-electron chi connectivity index (χ1n) is 11.0. The van der Waals surface area contributed by atoms with Crippen molar-refractivity contribution in [2.75, 3.05) is 18.6 Å². The van der Waals surface area contributed by atoms with Gasteiger partial charge in [-0.25, -0.2) is 8.42 Å². The highest BCUT2D eigenvalue weighted by molar-refractivity contribution is 7.93. The molecular weight excluding hydrogens is 408 g/mol. The van der Waals surface area contributed by atoms with Crippen LogP contribution < -0.4 is 0 Å². The molecule has 29 heavy (non-hydrogen) atoms. The Kier molecular flexibility index (Phi) is 16.7. The maximum absolute atomic E-state index is 12.2. The summed E-state index contributed by atoms with van der Waals surface area (Å²) >= 11 is 0. The van der Waals surface area contributed by atoms with Crippen LogP contribution in [0.3, 0.4) is 0 Å². The van der Waals surface area contributed by atoms with Crippen molar-refractivity contribution in [3.05, 3.63) is 25.3 Å². The predicted molar refractivity (Wildman–Crippen MR) is 123 cm³/mol. The molecule has 0 amide bonds. The number of hydrogen-bond donors (Lipinski definition) is 0. The summed E-state index contributed by atoms with van der Waals surface area (Å²) in [5.41, 5.74) is 0. The zero-order valence-corrected chi connectivity index (χ0v) is 20.0. The molecule has 0 aliphatic rings. The van der Waals surface area contributed by atoms with Crippen LogP contribution in [0.5, 0.6) is 0 Å². The fourth-order valence-corrected chi connectivity index (χ4v) is 6.35. The molecule has 0 rings (SSSR count). The largest absolute Gasteiger partial charge is 0.270 e. The molecule has 7 heteroatoms. The van der Waals surface area contributed by atoms with Crippen LogP contribution in [-0.2, 0) is 24.1 Å². The molecule has 5 nitrogen and oxygen atoms in total. The number of hydrogen-bond acceptors (Lipinski definition) is 5. The van der Waals surface area contributed by atoms with Crippen molar-refractivity contribution in [1.29, 1.82) is 0 Å². The van der Waals surface area contributed by atoms with E-state index < -0.39 is 31.0 Å². The van der Waals surface area contributed by atoms with E-state index in [1.165, 1.54) is 0 Å². The molecule has 0 N–H and O–H groups in total. The van der Waals surface area contributed by atoms with Crippen LogP contribution in [0.4, 0.5) is 0 Å². The van der Waals surface area contributed by atoms with Crippen LogP contribution in [0, 0.1) is 0 Å². The van der Waals surface area contributed by atoms with Crippen molar-refractivity contribution >= 4 is 20.0 Å². The summed E-state index contributed by atoms with van der Waals surface area (Å²) in [6.45, 7) is 7.52. The second-order valence-electron chi connectivity index (χ2n) is 7.83. The number of allylic oxidation sites excluding steroid dienone is 2. The average Bonchev–Trinajstić information content (AvgIpc) is 2.64. The lowest BCUT2D eigenvalue weighted by Gasteiger charge is -2.15. The zero-order valence-electron chi connectivity index (χ0n) is 18.3. The van der Waals surface area contributed by atoms with Gasteiger partial charge in [-0.1, -0.05) is 63.5 Å². The van der Waals surface area contributed by atoms with Crippen molar-refractivity contribution < 1.29 is 21.0 Å². The number of unbranched alkanes of at least 4 members (excludes halogenated alkanes) is 11. The first kappa shape index (κ1) is 28.3. The third-order valence-electron chi connectivity index (χ3n) is 5.00. The summed E-state index contributed by atoms with van der Waals surface area (Å²) in [6.07, 6.45) is 18.3. The molecule has 0 heterocycles. The molecule has 0 aliphatic heterocycles. The fourth-order valence-electron chi connectivity index (χ4n) is 3.17. The summed E-state index contributed by atoms with van der Waals surface area (Å²) in [6, 6.07) is 0. The molecule has 0 aliphatic carbocycles. The van der Waals surface area contributed by atoms with Gasteiger partial charge in [-0.05, 0) is 38.5 Å². The maximum Gasteiger partial charge on any atom is 0.268 e. The molecule has 0 bridgehead atoms. The second kappa shape index (κ2) is 17.1. The van der Waals surface area contributed by atoms with Gasteiger partial charge in [-0.2, -0.15) is 8.42 Å². The highest BCUT2D eigenvalue weighted by atomic mass is 32.2. The quantitative estimate of drug-likeness (QED) is 0.130. The molecule has 0 aromatic carbocycles. The van der Waals surface area contributed by atoms with Crippen LogP contribution in [0.2, 0.25) is 0 Å². The van der Waals surface area contributed by atoms with Crippen LogP contribution in [-0.4, -0.2) is 40.7 Å². The van der Waals surface area contributed by atoms with Gasteiger partial charge >= 0.3 is 0 Å². The molecule has 0 saturated heterocycles. The van der Waals surface area contributed by atoms with Gasteiger partial charge < -0.3 is 0 Å². The molecule has 1 unspecified atom stereocenters. The minimum Gasteiger partial charge on any atom is -0.270 e. The van der Waals surface area contributed by atoms with E-state index in [1.807, 2.05) is 12.2 Å². The first-order chi connectivity index (χ1) is 13.7. The standard InChI is InChI=1S/C22H42O5S2/c1-4-6-8-10-12-14-16-18-20-27-29(25,26)21-22(28(3,23)24)19-17-15-13-11-9-7-5-2/h4-5,22H,1-2,6-21H2,3H3. The molecule has 0 saturated carbocycles. The van der Waals surface area contributed by atoms with Crippen molar-refractivity contribution in [3.63, 3.8) is 0 Å². The van der Waals surface area contributed by atoms with Crippen LogP contribution in [0.15, 0.2) is 25.3 Å². The average molecular weight is 451 g/mol. The van der Waals surface area contributed by atoms with Crippen LogP contribution >= 0.6 is 0 Å². The summed E-state index contributed by atoms with van der Waals surface area (Å²) in [5.74, 6) is -0.441. The Hall–Kier alpha value is -0.660. The maximum atomic E-state index is 12.2. The van der Waals surface area contributed by atoms with E-state index in [1.54, 1.807) is 0 Å². The Balaban J connectivity index is 4.12. The Morgan fingerprint density at radius 3 is 1.66 bits per heavy atom. The van der Waals surface area contributed by atoms with Crippen molar-refractivity contribution in [2.24, 2.45) is 0 Å². The van der Waals surface area contributed by atoms with Gasteiger partial charge in [0.2, 0.25) is 0 Å². The van der Waals surface area contributed by atoms with E-state index in [9.17, 15) is 16.8 Å². The van der Waals surface area contributed by atoms with Gasteiger partial charge in [0.25, 0.3) is 10.1 Å². The van der Waals surface area contributed by atoms with Gasteiger partial charge in [-0.3, -0.25) is 4.18 Å². The van der Waals surface area contributed by atoms with E-state index >= 15 is 0 Å². The second-order valence-corrected chi connectivity index (χ2v) is 11.8. The Morgan fingerprint density at radius 1 is 0.724 bits per heavy atom. The Labute approximate surface area is 180 Å². The number of sulfone groups is 1. The van der Waals surface area contributed by atoms with Gasteiger partial charge in [-0.15, -0.1) is 13.2 Å². The lowest BCUT2D eigenvalue weighted by molar-refractivity contribution is 0.305. The van der Waals surface area contributed by atoms with Crippen molar-refractivity contribution in [3.8, 4) is 0 Å². The Bertz CT molecular complexity index is 624. The van der Waals surface area contributed by atoms with Gasteiger partial charge in [0.15, 0.2) is 9.84 Å². The van der Waals surface area contributed by atoms with Crippen LogP contribution in [0.25, 0.3) is 0 Å². The zero-order chi connectivity index (χ0) is 22.0. The minimum atomic E-state index is -3.82. The minimum absolute atomic E-state index is 0.134. The molecule has 0 spiro atoms. The summed E-state index contributed by atoms with van der Waals surface area (Å²) < 4.78 is 53.5. The monoisotopic (exact) mass is 450 g/mol. The van der Waals surface area contributed by atoms with Gasteiger partial charge in [0, 0.05) is 6.26 Å². The van der Waals surface area contributed by atoms with Crippen LogP contribution in [0.1, 0.15) is 89.9 Å². The number of rotatable bonds is 21. The topological polar surface area (TPSA) is 77.5 Å². The summed E-state index contributed by atoms with van der Waals surface area (Å²) in [5, 5.41) is -0.884. The van der Waals surface area contributed by atoms with E-state index in [0.29, 0.717) is 19.3 Å². The van der Waals surface area contributed by atoms with Gasteiger partial charge in [0.05, 0.1) is 17.6 Å². The van der Waals surface area contributed by atoms with E-state index in [-0.39, 0.29) is 6.61 Å². The molecule has 172 valence electrons. The molecule has 0 fully saturated rings. The third-order valence-corrected chi connectivity index (χ3v) is 8.16.